The summed E-state index contributed by atoms with van der Waals surface area (Å²) in [5.74, 6) is 0.607. The lowest BCUT2D eigenvalue weighted by atomic mass is 9.93. The molecular formula is C32H23O2P. The summed E-state index contributed by atoms with van der Waals surface area (Å²) in [6, 6.07) is 45.9. The minimum absolute atomic E-state index is 0.607. The monoisotopic (exact) mass is 470 g/mol. The van der Waals surface area contributed by atoms with Crippen molar-refractivity contribution in [2.45, 2.75) is 0 Å². The maximum atomic E-state index is 14.7. The Kier molecular flexibility index (Phi) is 5.45. The fourth-order valence-corrected chi connectivity index (χ4v) is 6.76. The molecule has 0 aliphatic carbocycles. The Morgan fingerprint density at radius 3 is 1.63 bits per heavy atom. The van der Waals surface area contributed by atoms with Gasteiger partial charge >= 0.3 is 7.37 Å². The van der Waals surface area contributed by atoms with Crippen molar-refractivity contribution in [3.05, 3.63) is 140 Å². The summed E-state index contributed by atoms with van der Waals surface area (Å²) in [4.78, 5) is 0. The molecule has 0 radical (unpaired) electrons. The predicted octanol–water partition coefficient (Wildman–Crippen LogP) is 7.97. The molecule has 35 heavy (non-hydrogen) atoms. The summed E-state index contributed by atoms with van der Waals surface area (Å²) in [6.45, 7) is 0. The highest BCUT2D eigenvalue weighted by molar-refractivity contribution is 7.74. The summed E-state index contributed by atoms with van der Waals surface area (Å²) in [5.41, 5.74) is 2.01. The Labute approximate surface area is 204 Å². The summed E-state index contributed by atoms with van der Waals surface area (Å²) < 4.78 is 21.4. The number of rotatable bonds is 5. The molecule has 3 heteroatoms. The molecular weight excluding hydrogens is 447 g/mol. The van der Waals surface area contributed by atoms with Crippen LogP contribution in [0.15, 0.2) is 140 Å². The van der Waals surface area contributed by atoms with E-state index in [0.717, 1.165) is 32.7 Å². The summed E-state index contributed by atoms with van der Waals surface area (Å²) in [5, 5.41) is 5.79. The first kappa shape index (κ1) is 21.4. The van der Waals surface area contributed by atoms with Crippen molar-refractivity contribution in [2.24, 2.45) is 0 Å². The largest absolute Gasteiger partial charge is 0.436 e. The molecule has 0 aromatic heterocycles. The van der Waals surface area contributed by atoms with E-state index in [1.165, 1.54) is 0 Å². The van der Waals surface area contributed by atoms with Crippen LogP contribution < -0.4 is 15.1 Å². The molecule has 168 valence electrons. The second kappa shape index (κ2) is 8.91. The maximum absolute atomic E-state index is 14.7. The maximum Gasteiger partial charge on any atom is 0.306 e. The van der Waals surface area contributed by atoms with E-state index in [0.29, 0.717) is 16.4 Å². The van der Waals surface area contributed by atoms with E-state index in [1.54, 1.807) is 0 Å². The van der Waals surface area contributed by atoms with E-state index >= 15 is 0 Å². The fraction of sp³-hybridized carbons (Fsp3) is 0. The molecule has 0 saturated heterocycles. The highest BCUT2D eigenvalue weighted by Crippen LogP contribution is 2.50. The predicted molar refractivity (Wildman–Crippen MR) is 147 cm³/mol. The third-order valence-corrected chi connectivity index (χ3v) is 8.78. The number of hydrogen-bond donors (Lipinski definition) is 0. The molecule has 0 aliphatic rings. The van der Waals surface area contributed by atoms with Gasteiger partial charge in [0.05, 0.1) is 10.6 Å². The molecule has 0 spiro atoms. The molecule has 6 aromatic rings. The molecule has 0 aliphatic heterocycles. The van der Waals surface area contributed by atoms with Crippen molar-refractivity contribution in [2.75, 3.05) is 0 Å². The molecule has 0 N–H and O–H groups in total. The van der Waals surface area contributed by atoms with Crippen LogP contribution >= 0.6 is 7.37 Å². The van der Waals surface area contributed by atoms with Crippen molar-refractivity contribution >= 4 is 39.5 Å². The smallest absolute Gasteiger partial charge is 0.306 e. The van der Waals surface area contributed by atoms with Gasteiger partial charge in [-0.25, -0.2) is 0 Å². The molecule has 0 fully saturated rings. The van der Waals surface area contributed by atoms with Gasteiger partial charge in [-0.15, -0.1) is 0 Å². The normalized spacial score (nSPS) is 11.5. The molecule has 6 rings (SSSR count). The highest BCUT2D eigenvalue weighted by Gasteiger charge is 2.31. The summed E-state index contributed by atoms with van der Waals surface area (Å²) in [6.07, 6.45) is 0. The Hall–Kier alpha value is -4.13. The first-order valence-electron chi connectivity index (χ1n) is 11.6. The van der Waals surface area contributed by atoms with Gasteiger partial charge in [-0.2, -0.15) is 0 Å². The highest BCUT2D eigenvalue weighted by atomic mass is 31.2. The van der Waals surface area contributed by atoms with Crippen LogP contribution in [-0.2, 0) is 4.57 Å². The van der Waals surface area contributed by atoms with E-state index in [-0.39, 0.29) is 0 Å². The van der Waals surface area contributed by atoms with Gasteiger partial charge in [-0.1, -0.05) is 109 Å². The third kappa shape index (κ3) is 3.83. The average molecular weight is 471 g/mol. The van der Waals surface area contributed by atoms with Crippen LogP contribution in [0.25, 0.3) is 32.7 Å². The Balaban J connectivity index is 1.64. The van der Waals surface area contributed by atoms with E-state index < -0.39 is 7.37 Å². The van der Waals surface area contributed by atoms with Gasteiger partial charge in [0, 0.05) is 5.56 Å². The minimum atomic E-state index is -3.43. The van der Waals surface area contributed by atoms with Crippen molar-refractivity contribution in [3.8, 4) is 16.9 Å². The molecule has 2 nitrogen and oxygen atoms in total. The zero-order valence-corrected chi connectivity index (χ0v) is 19.9. The van der Waals surface area contributed by atoms with Gasteiger partial charge in [0.15, 0.2) is 0 Å². The van der Waals surface area contributed by atoms with Crippen LogP contribution in [0.4, 0.5) is 0 Å². The second-order valence-electron chi connectivity index (χ2n) is 8.50. The lowest BCUT2D eigenvalue weighted by Crippen LogP contribution is -2.20. The van der Waals surface area contributed by atoms with Crippen molar-refractivity contribution in [1.82, 2.24) is 0 Å². The van der Waals surface area contributed by atoms with Crippen LogP contribution in [0, 0.1) is 0 Å². The standard InChI is InChI=1S/C32H23O2P/c33-35(26-15-3-1-4-16-26,27-17-5-2-6-18-27)34-31-23-22-25-13-8-10-20-29(25)32(31)30-21-11-14-24-12-7-9-19-28(24)30/h1-23H. The Bertz CT molecular complexity index is 1640. The zero-order chi connectivity index (χ0) is 23.7. The van der Waals surface area contributed by atoms with Crippen LogP contribution in [0.3, 0.4) is 0 Å². The minimum Gasteiger partial charge on any atom is -0.436 e. The molecule has 0 saturated carbocycles. The molecule has 0 heterocycles. The van der Waals surface area contributed by atoms with Gasteiger partial charge in [0.25, 0.3) is 0 Å². The van der Waals surface area contributed by atoms with Crippen LogP contribution in [0.1, 0.15) is 0 Å². The van der Waals surface area contributed by atoms with E-state index in [1.807, 2.05) is 91.0 Å². The van der Waals surface area contributed by atoms with Gasteiger partial charge in [0.1, 0.15) is 5.75 Å². The van der Waals surface area contributed by atoms with Gasteiger partial charge in [-0.05, 0) is 57.4 Å². The van der Waals surface area contributed by atoms with E-state index in [9.17, 15) is 4.57 Å². The molecule has 6 aromatic carbocycles. The van der Waals surface area contributed by atoms with E-state index in [2.05, 4.69) is 48.5 Å². The first-order valence-corrected chi connectivity index (χ1v) is 13.3. The number of fused-ring (bicyclic) bond motifs is 2. The Morgan fingerprint density at radius 2 is 0.971 bits per heavy atom. The first-order chi connectivity index (χ1) is 17.2. The van der Waals surface area contributed by atoms with Gasteiger partial charge in [0.2, 0.25) is 0 Å². The van der Waals surface area contributed by atoms with Crippen molar-refractivity contribution < 1.29 is 9.09 Å². The number of benzene rings is 6. The summed E-state index contributed by atoms with van der Waals surface area (Å²) in [7, 11) is -3.43. The fourth-order valence-electron chi connectivity index (χ4n) is 4.69. The molecule has 0 amide bonds. The topological polar surface area (TPSA) is 26.3 Å². The lowest BCUT2D eigenvalue weighted by molar-refractivity contribution is 0.504. The zero-order valence-electron chi connectivity index (χ0n) is 19.0. The summed E-state index contributed by atoms with van der Waals surface area (Å²) >= 11 is 0. The van der Waals surface area contributed by atoms with Crippen LogP contribution in [0.5, 0.6) is 5.75 Å². The van der Waals surface area contributed by atoms with Gasteiger partial charge in [-0.3, -0.25) is 4.57 Å². The van der Waals surface area contributed by atoms with E-state index in [4.69, 9.17) is 4.52 Å². The molecule has 0 atom stereocenters. The quantitative estimate of drug-likeness (QED) is 0.239. The van der Waals surface area contributed by atoms with Crippen molar-refractivity contribution in [1.29, 1.82) is 0 Å². The average Bonchev–Trinajstić information content (AvgIpc) is 2.93. The lowest BCUT2D eigenvalue weighted by Gasteiger charge is -2.23. The van der Waals surface area contributed by atoms with Gasteiger partial charge < -0.3 is 4.52 Å². The SMILES string of the molecule is O=P(Oc1ccc2ccccc2c1-c1cccc2ccccc12)(c1ccccc1)c1ccccc1. The molecule has 0 bridgehead atoms. The van der Waals surface area contributed by atoms with Crippen LogP contribution in [0.2, 0.25) is 0 Å². The number of hydrogen-bond acceptors (Lipinski definition) is 2. The molecule has 0 unspecified atom stereocenters. The third-order valence-electron chi connectivity index (χ3n) is 6.37. The van der Waals surface area contributed by atoms with Crippen LogP contribution in [-0.4, -0.2) is 0 Å². The second-order valence-corrected chi connectivity index (χ2v) is 10.8. The Morgan fingerprint density at radius 1 is 0.457 bits per heavy atom. The van der Waals surface area contributed by atoms with Crippen molar-refractivity contribution in [3.63, 3.8) is 0 Å².